The van der Waals surface area contributed by atoms with E-state index < -0.39 is 9.84 Å². The van der Waals surface area contributed by atoms with Crippen LogP contribution in [0.5, 0.6) is 0 Å². The van der Waals surface area contributed by atoms with Gasteiger partial charge < -0.3 is 10.2 Å². The number of carbonyl (C=O) groups is 2. The Morgan fingerprint density at radius 1 is 1.10 bits per heavy atom. The van der Waals surface area contributed by atoms with E-state index in [2.05, 4.69) is 19.2 Å². The number of amides is 2. The van der Waals surface area contributed by atoms with Crippen LogP contribution in [-0.4, -0.2) is 32.5 Å². The molecule has 6 nitrogen and oxygen atoms in total. The SMILES string of the molecule is CC(=O)N1CCc2cc(S(=O)(=O)CCC(=O)Nc3ccc(C(C)C)cc3)ccc21. The lowest BCUT2D eigenvalue weighted by atomic mass is 10.0. The predicted octanol–water partition coefficient (Wildman–Crippen LogP) is 3.52. The van der Waals surface area contributed by atoms with Crippen molar-refractivity contribution in [2.24, 2.45) is 0 Å². The number of rotatable bonds is 6. The molecular formula is C22H26N2O4S. The van der Waals surface area contributed by atoms with Gasteiger partial charge in [-0.3, -0.25) is 9.59 Å². The number of fused-ring (bicyclic) bond motifs is 1. The third-order valence-corrected chi connectivity index (χ3v) is 6.86. The molecule has 1 heterocycles. The summed E-state index contributed by atoms with van der Waals surface area (Å²) < 4.78 is 25.3. The highest BCUT2D eigenvalue weighted by Crippen LogP contribution is 2.30. The Labute approximate surface area is 171 Å². The van der Waals surface area contributed by atoms with Gasteiger partial charge in [0.15, 0.2) is 9.84 Å². The first-order valence-corrected chi connectivity index (χ1v) is 11.4. The molecule has 29 heavy (non-hydrogen) atoms. The highest BCUT2D eigenvalue weighted by Gasteiger charge is 2.25. The summed E-state index contributed by atoms with van der Waals surface area (Å²) >= 11 is 0. The van der Waals surface area contributed by atoms with E-state index in [0.29, 0.717) is 24.6 Å². The Hall–Kier alpha value is -2.67. The van der Waals surface area contributed by atoms with E-state index in [4.69, 9.17) is 0 Å². The summed E-state index contributed by atoms with van der Waals surface area (Å²) in [4.78, 5) is 25.7. The van der Waals surface area contributed by atoms with Crippen LogP contribution in [0.3, 0.4) is 0 Å². The van der Waals surface area contributed by atoms with Gasteiger partial charge in [0.2, 0.25) is 11.8 Å². The van der Waals surface area contributed by atoms with E-state index in [1.165, 1.54) is 18.6 Å². The Bertz CT molecular complexity index is 1030. The zero-order chi connectivity index (χ0) is 21.2. The summed E-state index contributed by atoms with van der Waals surface area (Å²) in [5.41, 5.74) is 3.43. The number of carbonyl (C=O) groups excluding carboxylic acids is 2. The van der Waals surface area contributed by atoms with Crippen LogP contribution in [0.1, 0.15) is 44.2 Å². The molecule has 0 fully saturated rings. The lowest BCUT2D eigenvalue weighted by Crippen LogP contribution is -2.25. The molecule has 154 valence electrons. The molecule has 0 aromatic heterocycles. The van der Waals surface area contributed by atoms with Gasteiger partial charge in [-0.2, -0.15) is 0 Å². The maximum absolute atomic E-state index is 12.7. The van der Waals surface area contributed by atoms with Crippen LogP contribution in [0.15, 0.2) is 47.4 Å². The van der Waals surface area contributed by atoms with Gasteiger partial charge in [0.25, 0.3) is 0 Å². The molecule has 0 unspecified atom stereocenters. The number of anilines is 2. The smallest absolute Gasteiger partial charge is 0.225 e. The van der Waals surface area contributed by atoms with E-state index in [0.717, 1.165) is 11.3 Å². The van der Waals surface area contributed by atoms with Gasteiger partial charge >= 0.3 is 0 Å². The van der Waals surface area contributed by atoms with Crippen LogP contribution in [0, 0.1) is 0 Å². The second kappa shape index (κ2) is 8.37. The number of hydrogen-bond acceptors (Lipinski definition) is 4. The molecule has 2 aromatic rings. The average Bonchev–Trinajstić information content (AvgIpc) is 3.10. The average molecular weight is 415 g/mol. The number of benzene rings is 2. The molecule has 0 bridgehead atoms. The molecule has 0 atom stereocenters. The Morgan fingerprint density at radius 2 is 1.79 bits per heavy atom. The van der Waals surface area contributed by atoms with Crippen molar-refractivity contribution in [1.29, 1.82) is 0 Å². The fourth-order valence-corrected chi connectivity index (χ4v) is 4.71. The van der Waals surface area contributed by atoms with E-state index in [1.54, 1.807) is 17.0 Å². The maximum atomic E-state index is 12.7. The fraction of sp³-hybridized carbons (Fsp3) is 0.364. The van der Waals surface area contributed by atoms with Gasteiger partial charge in [-0.15, -0.1) is 0 Å². The van der Waals surface area contributed by atoms with Crippen molar-refractivity contribution < 1.29 is 18.0 Å². The first kappa shape index (κ1) is 21.0. The van der Waals surface area contributed by atoms with Crippen LogP contribution < -0.4 is 10.2 Å². The second-order valence-electron chi connectivity index (χ2n) is 7.60. The minimum absolute atomic E-state index is 0.0579. The first-order chi connectivity index (χ1) is 13.7. The molecule has 1 N–H and O–H groups in total. The van der Waals surface area contributed by atoms with Crippen molar-refractivity contribution in [3.63, 3.8) is 0 Å². The van der Waals surface area contributed by atoms with Crippen molar-refractivity contribution >= 4 is 33.0 Å². The van der Waals surface area contributed by atoms with Gasteiger partial charge in [-0.05, 0) is 53.8 Å². The summed E-state index contributed by atoms with van der Waals surface area (Å²) in [6, 6.07) is 12.4. The fourth-order valence-electron chi connectivity index (χ4n) is 3.42. The summed E-state index contributed by atoms with van der Waals surface area (Å²) in [5.74, 6) is -0.259. The van der Waals surface area contributed by atoms with Gasteiger partial charge in [-0.1, -0.05) is 26.0 Å². The molecule has 2 aromatic carbocycles. The van der Waals surface area contributed by atoms with E-state index in [1.807, 2.05) is 24.3 Å². The summed E-state index contributed by atoms with van der Waals surface area (Å²) in [6.07, 6.45) is 0.510. The lowest BCUT2D eigenvalue weighted by molar-refractivity contribution is -0.117. The Morgan fingerprint density at radius 3 is 2.41 bits per heavy atom. The third-order valence-electron chi connectivity index (χ3n) is 5.14. The quantitative estimate of drug-likeness (QED) is 0.784. The zero-order valence-corrected chi connectivity index (χ0v) is 17.8. The monoisotopic (exact) mass is 414 g/mol. The molecule has 0 radical (unpaired) electrons. The van der Waals surface area contributed by atoms with Crippen LogP contribution >= 0.6 is 0 Å². The highest BCUT2D eigenvalue weighted by atomic mass is 32.2. The number of hydrogen-bond donors (Lipinski definition) is 1. The molecule has 0 saturated carbocycles. The first-order valence-electron chi connectivity index (χ1n) is 9.71. The largest absolute Gasteiger partial charge is 0.326 e. The van der Waals surface area contributed by atoms with E-state index >= 15 is 0 Å². The molecule has 0 aliphatic carbocycles. The lowest BCUT2D eigenvalue weighted by Gasteiger charge is -2.15. The normalized spacial score (nSPS) is 13.4. The highest BCUT2D eigenvalue weighted by molar-refractivity contribution is 7.91. The van der Waals surface area contributed by atoms with Crippen LogP contribution in [0.2, 0.25) is 0 Å². The van der Waals surface area contributed by atoms with Gasteiger partial charge in [0.1, 0.15) is 0 Å². The van der Waals surface area contributed by atoms with E-state index in [9.17, 15) is 18.0 Å². The Kier molecular flexibility index (Phi) is 6.07. The number of sulfone groups is 1. The summed E-state index contributed by atoms with van der Waals surface area (Å²) in [6.45, 7) is 6.24. The van der Waals surface area contributed by atoms with Crippen LogP contribution in [-0.2, 0) is 25.8 Å². The third kappa shape index (κ3) is 4.85. The number of nitrogens with one attached hydrogen (secondary N) is 1. The molecule has 1 aliphatic heterocycles. The van der Waals surface area contributed by atoms with Crippen molar-refractivity contribution in [3.8, 4) is 0 Å². The maximum Gasteiger partial charge on any atom is 0.225 e. The molecule has 3 rings (SSSR count). The minimum Gasteiger partial charge on any atom is -0.326 e. The van der Waals surface area contributed by atoms with Crippen molar-refractivity contribution in [3.05, 3.63) is 53.6 Å². The molecule has 1 aliphatic rings. The molecule has 0 spiro atoms. The van der Waals surface area contributed by atoms with Crippen molar-refractivity contribution in [2.45, 2.75) is 44.4 Å². The van der Waals surface area contributed by atoms with Crippen LogP contribution in [0.4, 0.5) is 11.4 Å². The van der Waals surface area contributed by atoms with Gasteiger partial charge in [-0.25, -0.2) is 8.42 Å². The van der Waals surface area contributed by atoms with E-state index in [-0.39, 0.29) is 28.9 Å². The number of nitrogens with zero attached hydrogens (tertiary/aromatic N) is 1. The van der Waals surface area contributed by atoms with Crippen LogP contribution in [0.25, 0.3) is 0 Å². The topological polar surface area (TPSA) is 83.6 Å². The second-order valence-corrected chi connectivity index (χ2v) is 9.71. The molecule has 2 amide bonds. The Balaban J connectivity index is 1.62. The molecule has 0 saturated heterocycles. The van der Waals surface area contributed by atoms with Crippen molar-refractivity contribution in [2.75, 3.05) is 22.5 Å². The zero-order valence-electron chi connectivity index (χ0n) is 16.9. The summed E-state index contributed by atoms with van der Waals surface area (Å²) in [5, 5.41) is 2.74. The van der Waals surface area contributed by atoms with Gasteiger partial charge in [0, 0.05) is 31.3 Å². The summed E-state index contributed by atoms with van der Waals surface area (Å²) in [7, 11) is -3.59. The predicted molar refractivity (Wildman–Crippen MR) is 114 cm³/mol. The van der Waals surface area contributed by atoms with Crippen molar-refractivity contribution in [1.82, 2.24) is 0 Å². The molecule has 7 heteroatoms. The standard InChI is InChI=1S/C22H26N2O4S/c1-15(2)17-4-6-19(7-5-17)23-22(26)11-13-29(27,28)20-8-9-21-18(14-20)10-12-24(21)16(3)25/h4-9,14-15H,10-13H2,1-3H3,(H,23,26). The van der Waals surface area contributed by atoms with Gasteiger partial charge in [0.05, 0.1) is 10.6 Å². The minimum atomic E-state index is -3.59. The molecular weight excluding hydrogens is 388 g/mol.